The summed E-state index contributed by atoms with van der Waals surface area (Å²) in [6.45, 7) is 5.80. The van der Waals surface area contributed by atoms with E-state index in [0.717, 1.165) is 13.1 Å². The maximum Gasteiger partial charge on any atom is 0.219 e. The average Bonchev–Trinajstić information content (AvgIpc) is 2.59. The van der Waals surface area contributed by atoms with Gasteiger partial charge in [-0.15, -0.1) is 0 Å². The normalized spacial score (nSPS) is 28.6. The highest BCUT2D eigenvalue weighted by atomic mass is 16.2. The van der Waals surface area contributed by atoms with Crippen LogP contribution in [0, 0.1) is 0 Å². The third-order valence-corrected chi connectivity index (χ3v) is 4.26. The minimum absolute atomic E-state index is 0.205. The van der Waals surface area contributed by atoms with Crippen LogP contribution in [0.5, 0.6) is 0 Å². The molecule has 1 aliphatic heterocycles. The molecular weight excluding hydrogens is 200 g/mol. The van der Waals surface area contributed by atoms with Crippen molar-refractivity contribution in [2.24, 2.45) is 0 Å². The van der Waals surface area contributed by atoms with E-state index in [0.29, 0.717) is 6.04 Å². The summed E-state index contributed by atoms with van der Waals surface area (Å²) in [5, 5.41) is 3.51. The quantitative estimate of drug-likeness (QED) is 0.777. The molecule has 1 atom stereocenters. The minimum atomic E-state index is 0.205. The molecule has 1 amide bonds. The standard InChI is InChI=1S/C13H24N2O/c1-3-14-12-9-13(7-5-4-6-8-13)15(10-12)11(2)16/h12,14H,3-10H2,1-2H3. The molecule has 3 nitrogen and oxygen atoms in total. The Morgan fingerprint density at radius 2 is 2.06 bits per heavy atom. The highest BCUT2D eigenvalue weighted by Gasteiger charge is 2.46. The van der Waals surface area contributed by atoms with Gasteiger partial charge in [-0.25, -0.2) is 0 Å². The fraction of sp³-hybridized carbons (Fsp3) is 0.923. The summed E-state index contributed by atoms with van der Waals surface area (Å²) in [5.41, 5.74) is 0.205. The van der Waals surface area contributed by atoms with E-state index in [1.807, 2.05) is 0 Å². The lowest BCUT2D eigenvalue weighted by atomic mass is 9.79. The van der Waals surface area contributed by atoms with Gasteiger partial charge in [0.2, 0.25) is 5.91 Å². The Kier molecular flexibility index (Phi) is 3.53. The molecule has 0 radical (unpaired) electrons. The molecule has 16 heavy (non-hydrogen) atoms. The third kappa shape index (κ3) is 2.10. The van der Waals surface area contributed by atoms with E-state index in [4.69, 9.17) is 0 Å². The second kappa shape index (κ2) is 4.74. The summed E-state index contributed by atoms with van der Waals surface area (Å²) in [5.74, 6) is 0.266. The molecule has 92 valence electrons. The predicted octanol–water partition coefficient (Wildman–Crippen LogP) is 1.92. The van der Waals surface area contributed by atoms with E-state index >= 15 is 0 Å². The van der Waals surface area contributed by atoms with Gasteiger partial charge in [-0.1, -0.05) is 26.2 Å². The smallest absolute Gasteiger partial charge is 0.219 e. The van der Waals surface area contributed by atoms with E-state index in [2.05, 4.69) is 17.1 Å². The van der Waals surface area contributed by atoms with E-state index in [1.54, 1.807) is 6.92 Å². The molecule has 0 aromatic carbocycles. The molecule has 0 bridgehead atoms. The summed E-state index contributed by atoms with van der Waals surface area (Å²) in [4.78, 5) is 13.9. The molecule has 1 N–H and O–H groups in total. The molecule has 0 aromatic heterocycles. The lowest BCUT2D eigenvalue weighted by Gasteiger charge is -2.41. The van der Waals surface area contributed by atoms with Crippen molar-refractivity contribution in [3.05, 3.63) is 0 Å². The van der Waals surface area contributed by atoms with Crippen molar-refractivity contribution in [3.8, 4) is 0 Å². The monoisotopic (exact) mass is 224 g/mol. The third-order valence-electron chi connectivity index (χ3n) is 4.26. The lowest BCUT2D eigenvalue weighted by Crippen LogP contribution is -2.47. The first kappa shape index (κ1) is 11.9. The van der Waals surface area contributed by atoms with Gasteiger partial charge in [0.1, 0.15) is 0 Å². The molecule has 2 fully saturated rings. The van der Waals surface area contributed by atoms with E-state index in [-0.39, 0.29) is 11.4 Å². The SMILES string of the molecule is CCNC1CN(C(C)=O)C2(CCCCC2)C1. The van der Waals surface area contributed by atoms with Crippen LogP contribution in [-0.4, -0.2) is 35.5 Å². The number of amides is 1. The number of likely N-dealkylation sites (tertiary alicyclic amines) is 1. The Labute approximate surface area is 98.6 Å². The van der Waals surface area contributed by atoms with Crippen LogP contribution in [0.15, 0.2) is 0 Å². The van der Waals surface area contributed by atoms with E-state index in [1.165, 1.54) is 38.5 Å². The first-order valence-corrected chi connectivity index (χ1v) is 6.69. The fourth-order valence-corrected chi connectivity index (χ4v) is 3.62. The summed E-state index contributed by atoms with van der Waals surface area (Å²) < 4.78 is 0. The van der Waals surface area contributed by atoms with Crippen LogP contribution in [-0.2, 0) is 4.79 Å². The summed E-state index contributed by atoms with van der Waals surface area (Å²) >= 11 is 0. The number of hydrogen-bond donors (Lipinski definition) is 1. The average molecular weight is 224 g/mol. The van der Waals surface area contributed by atoms with Crippen LogP contribution >= 0.6 is 0 Å². The molecule has 2 aliphatic rings. The van der Waals surface area contributed by atoms with Crippen molar-refractivity contribution in [3.63, 3.8) is 0 Å². The van der Waals surface area contributed by atoms with Gasteiger partial charge < -0.3 is 10.2 Å². The Hall–Kier alpha value is -0.570. The highest BCUT2D eigenvalue weighted by Crippen LogP contribution is 2.41. The van der Waals surface area contributed by atoms with Gasteiger partial charge in [0, 0.05) is 25.0 Å². The molecule has 3 heteroatoms. The first-order valence-electron chi connectivity index (χ1n) is 6.69. The van der Waals surface area contributed by atoms with Crippen LogP contribution in [0.2, 0.25) is 0 Å². The number of carbonyl (C=O) groups excluding carboxylic acids is 1. The Morgan fingerprint density at radius 1 is 1.38 bits per heavy atom. The number of carbonyl (C=O) groups is 1. The Balaban J connectivity index is 2.11. The van der Waals surface area contributed by atoms with Gasteiger partial charge in [-0.05, 0) is 25.8 Å². The van der Waals surface area contributed by atoms with Crippen LogP contribution in [0.25, 0.3) is 0 Å². The van der Waals surface area contributed by atoms with Crippen molar-refractivity contribution < 1.29 is 4.79 Å². The number of likely N-dealkylation sites (N-methyl/N-ethyl adjacent to an activating group) is 1. The molecule has 1 spiro atoms. The van der Waals surface area contributed by atoms with Gasteiger partial charge in [0.25, 0.3) is 0 Å². The molecule has 1 saturated carbocycles. The molecule has 0 aromatic rings. The molecule has 2 rings (SSSR count). The molecule has 1 unspecified atom stereocenters. The molecule has 1 aliphatic carbocycles. The van der Waals surface area contributed by atoms with Gasteiger partial charge in [-0.2, -0.15) is 0 Å². The molecule has 1 saturated heterocycles. The van der Waals surface area contributed by atoms with Crippen molar-refractivity contribution in [2.75, 3.05) is 13.1 Å². The molecular formula is C13H24N2O. The van der Waals surface area contributed by atoms with Crippen LogP contribution in [0.4, 0.5) is 0 Å². The predicted molar refractivity (Wildman–Crippen MR) is 65.3 cm³/mol. The van der Waals surface area contributed by atoms with Gasteiger partial charge in [0.05, 0.1) is 0 Å². The highest BCUT2D eigenvalue weighted by molar-refractivity contribution is 5.74. The Morgan fingerprint density at radius 3 is 2.62 bits per heavy atom. The second-order valence-electron chi connectivity index (χ2n) is 5.37. The van der Waals surface area contributed by atoms with Gasteiger partial charge in [-0.3, -0.25) is 4.79 Å². The number of nitrogens with zero attached hydrogens (tertiary/aromatic N) is 1. The van der Waals surface area contributed by atoms with Crippen LogP contribution < -0.4 is 5.32 Å². The zero-order chi connectivity index (χ0) is 11.6. The van der Waals surface area contributed by atoms with Crippen molar-refractivity contribution in [1.29, 1.82) is 0 Å². The van der Waals surface area contributed by atoms with E-state index in [9.17, 15) is 4.79 Å². The van der Waals surface area contributed by atoms with Gasteiger partial charge >= 0.3 is 0 Å². The van der Waals surface area contributed by atoms with E-state index < -0.39 is 0 Å². The fourth-order valence-electron chi connectivity index (χ4n) is 3.62. The van der Waals surface area contributed by atoms with Crippen molar-refractivity contribution >= 4 is 5.91 Å². The van der Waals surface area contributed by atoms with Crippen molar-refractivity contribution in [2.45, 2.75) is 64.0 Å². The first-order chi connectivity index (χ1) is 7.68. The topological polar surface area (TPSA) is 32.3 Å². The Bertz CT molecular complexity index is 259. The lowest BCUT2D eigenvalue weighted by molar-refractivity contribution is -0.134. The maximum absolute atomic E-state index is 11.8. The van der Waals surface area contributed by atoms with Crippen LogP contribution in [0.3, 0.4) is 0 Å². The number of nitrogens with one attached hydrogen (secondary N) is 1. The summed E-state index contributed by atoms with van der Waals surface area (Å²) in [7, 11) is 0. The van der Waals surface area contributed by atoms with Crippen LogP contribution in [0.1, 0.15) is 52.4 Å². The number of hydrogen-bond acceptors (Lipinski definition) is 2. The zero-order valence-electron chi connectivity index (χ0n) is 10.6. The second-order valence-corrected chi connectivity index (χ2v) is 5.37. The molecule has 1 heterocycles. The largest absolute Gasteiger partial charge is 0.336 e. The maximum atomic E-state index is 11.8. The zero-order valence-corrected chi connectivity index (χ0v) is 10.6. The number of rotatable bonds is 2. The van der Waals surface area contributed by atoms with Gasteiger partial charge in [0.15, 0.2) is 0 Å². The minimum Gasteiger partial charge on any atom is -0.336 e. The summed E-state index contributed by atoms with van der Waals surface area (Å²) in [6.07, 6.45) is 7.54. The summed E-state index contributed by atoms with van der Waals surface area (Å²) in [6, 6.07) is 0.520. The van der Waals surface area contributed by atoms with Crippen molar-refractivity contribution in [1.82, 2.24) is 10.2 Å².